The number of para-hydroxylation sites is 1. The first-order chi connectivity index (χ1) is 14.8. The first-order valence-electron chi connectivity index (χ1n) is 10.1. The van der Waals surface area contributed by atoms with Crippen molar-refractivity contribution in [1.82, 2.24) is 20.2 Å². The van der Waals surface area contributed by atoms with Gasteiger partial charge in [-0.3, -0.25) is 0 Å². The number of amides is 2. The fraction of sp³-hybridized carbons (Fsp3) is 0.273. The van der Waals surface area contributed by atoms with Crippen LogP contribution in [0, 0.1) is 0 Å². The van der Waals surface area contributed by atoms with Gasteiger partial charge in [-0.2, -0.15) is 0 Å². The van der Waals surface area contributed by atoms with Crippen molar-refractivity contribution in [2.45, 2.75) is 5.92 Å². The van der Waals surface area contributed by atoms with Crippen LogP contribution in [0.15, 0.2) is 59.6 Å². The molecule has 1 fully saturated rings. The second-order valence-electron chi connectivity index (χ2n) is 7.33. The van der Waals surface area contributed by atoms with Crippen molar-refractivity contribution in [2.75, 3.05) is 37.6 Å². The zero-order valence-electron chi connectivity index (χ0n) is 16.5. The topological polar surface area (TPSA) is 64.3 Å². The lowest BCUT2D eigenvalue weighted by atomic mass is 9.97. The van der Waals surface area contributed by atoms with E-state index in [1.165, 1.54) is 15.8 Å². The zero-order valence-corrected chi connectivity index (χ0v) is 18.1. The SMILES string of the molecule is O=C(NC[C@H](c1cccs1)c1c[nH]c2ccccc12)N1CCN(c2nccs2)CC1. The number of H-pyrrole nitrogens is 1. The van der Waals surface area contributed by atoms with Crippen LogP contribution in [0.1, 0.15) is 16.4 Å². The van der Waals surface area contributed by atoms with Crippen LogP contribution in [0.5, 0.6) is 0 Å². The minimum atomic E-state index is 0.00943. The third kappa shape index (κ3) is 3.80. The van der Waals surface area contributed by atoms with Crippen LogP contribution >= 0.6 is 22.7 Å². The van der Waals surface area contributed by atoms with Gasteiger partial charge in [0.2, 0.25) is 0 Å². The summed E-state index contributed by atoms with van der Waals surface area (Å²) in [6, 6.07) is 12.6. The van der Waals surface area contributed by atoms with Gasteiger partial charge in [0.15, 0.2) is 5.13 Å². The molecule has 0 bridgehead atoms. The highest BCUT2D eigenvalue weighted by Crippen LogP contribution is 2.32. The molecular formula is C22H23N5OS2. The van der Waals surface area contributed by atoms with Crippen molar-refractivity contribution < 1.29 is 4.79 Å². The molecule has 4 heterocycles. The highest BCUT2D eigenvalue weighted by molar-refractivity contribution is 7.13. The summed E-state index contributed by atoms with van der Waals surface area (Å²) in [5, 5.41) is 9.52. The van der Waals surface area contributed by atoms with E-state index >= 15 is 0 Å². The number of aromatic amines is 1. The Morgan fingerprint density at radius 1 is 1.10 bits per heavy atom. The van der Waals surface area contributed by atoms with Gasteiger partial charge in [-0.1, -0.05) is 24.3 Å². The minimum Gasteiger partial charge on any atom is -0.361 e. The number of thiophene rings is 1. The fourth-order valence-electron chi connectivity index (χ4n) is 4.01. The number of piperazine rings is 1. The molecule has 6 nitrogen and oxygen atoms in total. The largest absolute Gasteiger partial charge is 0.361 e. The lowest BCUT2D eigenvalue weighted by Gasteiger charge is -2.34. The summed E-state index contributed by atoms with van der Waals surface area (Å²) in [5.41, 5.74) is 2.35. The van der Waals surface area contributed by atoms with Crippen molar-refractivity contribution >= 4 is 44.7 Å². The second kappa shape index (κ2) is 8.49. The molecule has 4 aromatic rings. The van der Waals surface area contributed by atoms with Crippen molar-refractivity contribution in [3.63, 3.8) is 0 Å². The number of nitrogens with one attached hydrogen (secondary N) is 2. The number of carbonyl (C=O) groups excluding carboxylic acids is 1. The van der Waals surface area contributed by atoms with Gasteiger partial charge in [0, 0.05) is 72.2 Å². The summed E-state index contributed by atoms with van der Waals surface area (Å²) in [6.07, 6.45) is 3.91. The molecule has 1 aliphatic heterocycles. The molecule has 2 amide bonds. The van der Waals surface area contributed by atoms with Gasteiger partial charge in [0.25, 0.3) is 0 Å². The number of benzene rings is 1. The van der Waals surface area contributed by atoms with Crippen molar-refractivity contribution in [1.29, 1.82) is 0 Å². The summed E-state index contributed by atoms with van der Waals surface area (Å²) in [5.74, 6) is 0.127. The number of aromatic nitrogens is 2. The molecule has 1 aliphatic rings. The fourth-order valence-corrected chi connectivity index (χ4v) is 5.55. The molecule has 154 valence electrons. The van der Waals surface area contributed by atoms with E-state index in [1.807, 2.05) is 22.5 Å². The molecule has 0 radical (unpaired) electrons. The number of thiazole rings is 1. The molecule has 1 aromatic carbocycles. The highest BCUT2D eigenvalue weighted by Gasteiger charge is 2.24. The van der Waals surface area contributed by atoms with E-state index in [4.69, 9.17) is 0 Å². The van der Waals surface area contributed by atoms with E-state index in [0.29, 0.717) is 19.6 Å². The van der Waals surface area contributed by atoms with E-state index in [-0.39, 0.29) is 11.9 Å². The van der Waals surface area contributed by atoms with Gasteiger partial charge in [-0.25, -0.2) is 9.78 Å². The molecule has 0 unspecified atom stereocenters. The van der Waals surface area contributed by atoms with Gasteiger partial charge in [0.1, 0.15) is 0 Å². The highest BCUT2D eigenvalue weighted by atomic mass is 32.1. The van der Waals surface area contributed by atoms with E-state index < -0.39 is 0 Å². The third-order valence-corrected chi connectivity index (χ3v) is 7.42. The smallest absolute Gasteiger partial charge is 0.317 e. The van der Waals surface area contributed by atoms with Gasteiger partial charge in [-0.15, -0.1) is 22.7 Å². The van der Waals surface area contributed by atoms with E-state index in [0.717, 1.165) is 23.7 Å². The van der Waals surface area contributed by atoms with Crippen molar-refractivity contribution in [3.8, 4) is 0 Å². The van der Waals surface area contributed by atoms with E-state index in [9.17, 15) is 4.79 Å². The standard InChI is InChI=1S/C22H23N5OS2/c28-21(26-8-10-27(11-9-26)22-23-7-13-30-22)25-15-18(20-6-3-12-29-20)17-14-24-19-5-2-1-4-16(17)19/h1-7,12-14,18,24H,8-11,15H2,(H,25,28)/t18-/m0/s1. The Hall–Kier alpha value is -2.84. The molecule has 2 N–H and O–H groups in total. The maximum Gasteiger partial charge on any atom is 0.317 e. The molecule has 1 saturated heterocycles. The second-order valence-corrected chi connectivity index (χ2v) is 9.18. The van der Waals surface area contributed by atoms with Gasteiger partial charge >= 0.3 is 6.03 Å². The maximum absolute atomic E-state index is 12.9. The Morgan fingerprint density at radius 3 is 2.73 bits per heavy atom. The summed E-state index contributed by atoms with van der Waals surface area (Å²) in [7, 11) is 0. The number of hydrogen-bond donors (Lipinski definition) is 2. The van der Waals surface area contributed by atoms with Crippen molar-refractivity contribution in [3.05, 3.63) is 70.0 Å². The monoisotopic (exact) mass is 437 g/mol. The minimum absolute atomic E-state index is 0.00943. The molecule has 1 atom stereocenters. The number of rotatable bonds is 5. The lowest BCUT2D eigenvalue weighted by molar-refractivity contribution is 0.194. The van der Waals surface area contributed by atoms with Crippen LogP contribution in [0.25, 0.3) is 10.9 Å². The molecule has 8 heteroatoms. The Kier molecular flexibility index (Phi) is 5.42. The lowest BCUT2D eigenvalue weighted by Crippen LogP contribution is -2.52. The summed E-state index contributed by atoms with van der Waals surface area (Å²) >= 11 is 3.38. The van der Waals surface area contributed by atoms with E-state index in [1.54, 1.807) is 22.7 Å². The number of carbonyl (C=O) groups is 1. The Balaban J connectivity index is 1.27. The van der Waals surface area contributed by atoms with Crippen LogP contribution in [0.2, 0.25) is 0 Å². The summed E-state index contributed by atoms with van der Waals surface area (Å²) in [6.45, 7) is 3.63. The number of urea groups is 1. The van der Waals surface area contributed by atoms with Gasteiger partial charge in [-0.05, 0) is 23.1 Å². The van der Waals surface area contributed by atoms with Crippen LogP contribution in [0.3, 0.4) is 0 Å². The van der Waals surface area contributed by atoms with Crippen LogP contribution in [-0.2, 0) is 0 Å². The van der Waals surface area contributed by atoms with E-state index in [2.05, 4.69) is 62.1 Å². The molecule has 0 aliphatic carbocycles. The average molecular weight is 438 g/mol. The number of nitrogens with zero attached hydrogens (tertiary/aromatic N) is 3. The number of anilines is 1. The maximum atomic E-state index is 12.9. The average Bonchev–Trinajstić information content (AvgIpc) is 3.56. The van der Waals surface area contributed by atoms with Gasteiger partial charge < -0.3 is 20.1 Å². The normalized spacial score (nSPS) is 15.5. The quantitative estimate of drug-likeness (QED) is 0.488. The molecule has 0 spiro atoms. The third-order valence-electron chi connectivity index (χ3n) is 5.60. The van der Waals surface area contributed by atoms with Crippen LogP contribution < -0.4 is 10.2 Å². The zero-order chi connectivity index (χ0) is 20.3. The van der Waals surface area contributed by atoms with Gasteiger partial charge in [0.05, 0.1) is 0 Å². The molecule has 5 rings (SSSR count). The predicted molar refractivity (Wildman–Crippen MR) is 124 cm³/mol. The first kappa shape index (κ1) is 19.1. The van der Waals surface area contributed by atoms with Crippen molar-refractivity contribution in [2.24, 2.45) is 0 Å². The number of hydrogen-bond acceptors (Lipinski definition) is 5. The summed E-state index contributed by atoms with van der Waals surface area (Å²) < 4.78 is 0. The van der Waals surface area contributed by atoms with Crippen LogP contribution in [0.4, 0.5) is 9.93 Å². The molecular weight excluding hydrogens is 414 g/mol. The molecule has 0 saturated carbocycles. The summed E-state index contributed by atoms with van der Waals surface area (Å²) in [4.78, 5) is 26.0. The Bertz CT molecular complexity index is 1100. The number of fused-ring (bicyclic) bond motifs is 1. The Morgan fingerprint density at radius 2 is 1.97 bits per heavy atom. The Labute approximate surface area is 183 Å². The predicted octanol–water partition coefficient (Wildman–Crippen LogP) is 4.35. The molecule has 30 heavy (non-hydrogen) atoms. The van der Waals surface area contributed by atoms with Crippen LogP contribution in [-0.4, -0.2) is 53.6 Å². The first-order valence-corrected chi connectivity index (χ1v) is 11.8. The molecule has 3 aromatic heterocycles.